The van der Waals surface area contributed by atoms with E-state index in [9.17, 15) is 4.79 Å². The van der Waals surface area contributed by atoms with Crippen LogP contribution in [0.4, 0.5) is 5.69 Å². The number of hydrogen-bond acceptors (Lipinski definition) is 3. The molecule has 1 aromatic rings. The smallest absolute Gasteiger partial charge is 0.247 e. The van der Waals surface area contributed by atoms with Crippen LogP contribution in [-0.4, -0.2) is 17.9 Å². The zero-order chi connectivity index (χ0) is 11.6. The van der Waals surface area contributed by atoms with Gasteiger partial charge in [-0.15, -0.1) is 0 Å². The summed E-state index contributed by atoms with van der Waals surface area (Å²) in [5.74, 6) is -0.104. The Kier molecular flexibility index (Phi) is 2.61. The Morgan fingerprint density at radius 2 is 2.12 bits per heavy atom. The number of amides is 1. The number of rotatable bonds is 2. The molecule has 0 atom stereocenters. The van der Waals surface area contributed by atoms with Crippen LogP contribution in [0, 0.1) is 16.7 Å². The molecule has 0 saturated heterocycles. The van der Waals surface area contributed by atoms with Gasteiger partial charge in [0.15, 0.2) is 0 Å². The predicted octanol–water partition coefficient (Wildman–Crippen LogP) is 1.74. The quantitative estimate of drug-likeness (QED) is 0.755. The molecule has 82 valence electrons. The van der Waals surface area contributed by atoms with Crippen LogP contribution in [-0.2, 0) is 4.79 Å². The lowest BCUT2D eigenvalue weighted by molar-refractivity contribution is -0.128. The molecule has 0 aromatic carbocycles. The van der Waals surface area contributed by atoms with Crippen LogP contribution in [0.2, 0.25) is 0 Å². The molecule has 0 radical (unpaired) electrons. The van der Waals surface area contributed by atoms with E-state index in [1.165, 1.54) is 0 Å². The van der Waals surface area contributed by atoms with Gasteiger partial charge in [0.2, 0.25) is 5.91 Å². The number of carbonyl (C=O) groups excluding carboxylic acids is 1. The van der Waals surface area contributed by atoms with Gasteiger partial charge in [-0.25, -0.2) is 0 Å². The first-order chi connectivity index (χ1) is 7.69. The van der Waals surface area contributed by atoms with E-state index in [1.807, 2.05) is 0 Å². The normalized spacial score (nSPS) is 17.0. The molecular weight excluding hydrogens is 202 g/mol. The molecular formula is C12H13N3O. The Labute approximate surface area is 94.5 Å². The van der Waals surface area contributed by atoms with Crippen LogP contribution >= 0.6 is 0 Å². The van der Waals surface area contributed by atoms with Crippen molar-refractivity contribution in [1.29, 1.82) is 5.26 Å². The van der Waals surface area contributed by atoms with E-state index in [4.69, 9.17) is 5.26 Å². The molecule has 2 rings (SSSR count). The van der Waals surface area contributed by atoms with E-state index in [0.717, 1.165) is 12.1 Å². The number of hydrogen-bond donors (Lipinski definition) is 0. The number of pyridine rings is 1. The fourth-order valence-electron chi connectivity index (χ4n) is 1.91. The minimum atomic E-state index is -0.780. The van der Waals surface area contributed by atoms with Crippen molar-refractivity contribution in [2.45, 2.75) is 19.3 Å². The Balaban J connectivity index is 2.20. The van der Waals surface area contributed by atoms with Crippen molar-refractivity contribution in [3.63, 3.8) is 0 Å². The summed E-state index contributed by atoms with van der Waals surface area (Å²) in [5.41, 5.74) is -0.000552. The lowest BCUT2D eigenvalue weighted by atomic mass is 9.69. The largest absolute Gasteiger partial charge is 0.314 e. The fourth-order valence-corrected chi connectivity index (χ4v) is 1.91. The minimum absolute atomic E-state index is 0.104. The maximum atomic E-state index is 12.2. The van der Waals surface area contributed by atoms with E-state index in [-0.39, 0.29) is 5.91 Å². The number of aromatic nitrogens is 1. The second-order valence-electron chi connectivity index (χ2n) is 4.12. The number of nitrogens with zero attached hydrogens (tertiary/aromatic N) is 3. The summed E-state index contributed by atoms with van der Waals surface area (Å²) in [4.78, 5) is 17.6. The van der Waals surface area contributed by atoms with E-state index in [1.54, 1.807) is 36.5 Å². The van der Waals surface area contributed by atoms with Crippen LogP contribution in [0.15, 0.2) is 24.5 Å². The van der Waals surface area contributed by atoms with E-state index >= 15 is 0 Å². The second kappa shape index (κ2) is 3.93. The maximum absolute atomic E-state index is 12.2. The van der Waals surface area contributed by atoms with Crippen molar-refractivity contribution >= 4 is 11.6 Å². The van der Waals surface area contributed by atoms with Crippen LogP contribution in [0.5, 0.6) is 0 Å². The van der Waals surface area contributed by atoms with Crippen molar-refractivity contribution in [3.05, 3.63) is 24.5 Å². The van der Waals surface area contributed by atoms with Gasteiger partial charge in [0, 0.05) is 25.1 Å². The molecule has 1 aliphatic carbocycles. The van der Waals surface area contributed by atoms with Gasteiger partial charge >= 0.3 is 0 Å². The van der Waals surface area contributed by atoms with Crippen molar-refractivity contribution in [3.8, 4) is 6.07 Å². The third-order valence-electron chi connectivity index (χ3n) is 3.19. The summed E-state index contributed by atoms with van der Waals surface area (Å²) in [6, 6.07) is 5.69. The van der Waals surface area contributed by atoms with Gasteiger partial charge in [-0.1, -0.05) is 0 Å². The first kappa shape index (κ1) is 10.6. The maximum Gasteiger partial charge on any atom is 0.247 e. The van der Waals surface area contributed by atoms with Gasteiger partial charge < -0.3 is 4.90 Å². The molecule has 4 nitrogen and oxygen atoms in total. The molecule has 0 unspecified atom stereocenters. The average Bonchev–Trinajstić information content (AvgIpc) is 2.28. The van der Waals surface area contributed by atoms with Crippen LogP contribution in [0.3, 0.4) is 0 Å². The number of carbonyl (C=O) groups is 1. The zero-order valence-corrected chi connectivity index (χ0v) is 9.18. The lowest BCUT2D eigenvalue weighted by Crippen LogP contribution is -2.45. The highest BCUT2D eigenvalue weighted by atomic mass is 16.2. The molecule has 0 N–H and O–H groups in total. The summed E-state index contributed by atoms with van der Waals surface area (Å²) >= 11 is 0. The summed E-state index contributed by atoms with van der Waals surface area (Å²) in [5, 5.41) is 9.09. The van der Waals surface area contributed by atoms with Crippen LogP contribution < -0.4 is 4.90 Å². The van der Waals surface area contributed by atoms with Crippen molar-refractivity contribution in [2.24, 2.45) is 5.41 Å². The molecule has 1 aromatic heterocycles. The minimum Gasteiger partial charge on any atom is -0.314 e. The second-order valence-corrected chi connectivity index (χ2v) is 4.12. The average molecular weight is 215 g/mol. The molecule has 0 aliphatic heterocycles. The Morgan fingerprint density at radius 1 is 1.50 bits per heavy atom. The first-order valence-corrected chi connectivity index (χ1v) is 5.29. The highest BCUT2D eigenvalue weighted by Crippen LogP contribution is 2.42. The zero-order valence-electron chi connectivity index (χ0n) is 9.18. The van der Waals surface area contributed by atoms with Gasteiger partial charge in [0.05, 0.1) is 6.07 Å². The number of nitriles is 1. The third-order valence-corrected chi connectivity index (χ3v) is 3.19. The fraction of sp³-hybridized carbons (Fsp3) is 0.417. The van der Waals surface area contributed by atoms with Crippen molar-refractivity contribution in [1.82, 2.24) is 4.98 Å². The summed E-state index contributed by atoms with van der Waals surface area (Å²) in [6.45, 7) is 0. The van der Waals surface area contributed by atoms with Gasteiger partial charge in [-0.2, -0.15) is 5.26 Å². The number of anilines is 1. The first-order valence-electron chi connectivity index (χ1n) is 5.29. The van der Waals surface area contributed by atoms with E-state index in [2.05, 4.69) is 11.1 Å². The summed E-state index contributed by atoms with van der Waals surface area (Å²) in [6.07, 6.45) is 5.59. The monoisotopic (exact) mass is 215 g/mol. The molecule has 1 fully saturated rings. The van der Waals surface area contributed by atoms with E-state index < -0.39 is 5.41 Å². The molecule has 0 spiro atoms. The van der Waals surface area contributed by atoms with Gasteiger partial charge in [0.25, 0.3) is 0 Å². The standard InChI is InChI=1S/C12H13N3O/c1-15(10-3-7-14-8-4-10)11(16)12(9-13)5-2-6-12/h3-4,7-8H,2,5-6H2,1H3. The Hall–Kier alpha value is -1.89. The highest BCUT2D eigenvalue weighted by molar-refractivity contribution is 5.99. The lowest BCUT2D eigenvalue weighted by Gasteiger charge is -2.36. The molecule has 1 saturated carbocycles. The topological polar surface area (TPSA) is 57.0 Å². The van der Waals surface area contributed by atoms with Gasteiger partial charge in [-0.3, -0.25) is 9.78 Å². The van der Waals surface area contributed by atoms with E-state index in [0.29, 0.717) is 12.8 Å². The third kappa shape index (κ3) is 1.54. The van der Waals surface area contributed by atoms with Crippen molar-refractivity contribution in [2.75, 3.05) is 11.9 Å². The Bertz CT molecular complexity index is 431. The summed E-state index contributed by atoms with van der Waals surface area (Å²) in [7, 11) is 1.70. The molecule has 16 heavy (non-hydrogen) atoms. The molecule has 1 amide bonds. The van der Waals surface area contributed by atoms with Crippen LogP contribution in [0.1, 0.15) is 19.3 Å². The van der Waals surface area contributed by atoms with Crippen LogP contribution in [0.25, 0.3) is 0 Å². The summed E-state index contributed by atoms with van der Waals surface area (Å²) < 4.78 is 0. The molecule has 4 heteroatoms. The molecule has 1 aliphatic rings. The predicted molar refractivity (Wildman–Crippen MR) is 59.5 cm³/mol. The SMILES string of the molecule is CN(C(=O)C1(C#N)CCC1)c1ccncc1. The highest BCUT2D eigenvalue weighted by Gasteiger charge is 2.46. The molecule has 1 heterocycles. The Morgan fingerprint density at radius 3 is 2.56 bits per heavy atom. The van der Waals surface area contributed by atoms with Gasteiger partial charge in [0.1, 0.15) is 5.41 Å². The van der Waals surface area contributed by atoms with Gasteiger partial charge in [-0.05, 0) is 31.4 Å². The molecule has 0 bridgehead atoms. The van der Waals surface area contributed by atoms with Crippen molar-refractivity contribution < 1.29 is 4.79 Å².